The molecule has 1 aliphatic rings. The highest BCUT2D eigenvalue weighted by Gasteiger charge is 2.40. The van der Waals surface area contributed by atoms with Crippen molar-refractivity contribution in [1.82, 2.24) is 10.3 Å². The molecule has 1 aromatic carbocycles. The molecule has 1 aromatic heterocycles. The maximum Gasteiger partial charge on any atom is 0.336 e. The number of benzene rings is 1. The molecule has 1 aliphatic heterocycles. The van der Waals surface area contributed by atoms with Crippen molar-refractivity contribution in [1.29, 1.82) is 5.26 Å². The van der Waals surface area contributed by atoms with Crippen LogP contribution in [-0.2, 0) is 19.1 Å². The first-order valence-electron chi connectivity index (χ1n) is 11.6. The van der Waals surface area contributed by atoms with E-state index >= 15 is 0 Å². The lowest BCUT2D eigenvalue weighted by atomic mass is 9.94. The Balaban J connectivity index is 0.000000317. The number of hydrogen-bond donors (Lipinski definition) is 5. The molecule has 5 N–H and O–H groups in total. The van der Waals surface area contributed by atoms with Gasteiger partial charge in [-0.3, -0.25) is 14.6 Å². The van der Waals surface area contributed by atoms with Gasteiger partial charge < -0.3 is 35.4 Å². The number of aromatic nitrogens is 1. The number of carboxylic acid groups (broad SMARTS) is 3. The SMILES string of the molecule is COCCN[C@@H]1C[C@H](C)CN(c2ccc(C#N)c3ncccc23)C1.O=C(O)CC(O)(CC(=O)O)C(=O)O. The number of fused-ring (bicyclic) bond motifs is 1. The minimum Gasteiger partial charge on any atom is -0.481 e. The monoisotopic (exact) mass is 516 g/mol. The Bertz CT molecular complexity index is 1130. The fourth-order valence-corrected chi connectivity index (χ4v) is 4.30. The zero-order valence-electron chi connectivity index (χ0n) is 20.8. The lowest BCUT2D eigenvalue weighted by molar-refractivity contribution is -0.170. The molecule has 0 spiro atoms. The van der Waals surface area contributed by atoms with Crippen molar-refractivity contribution in [3.05, 3.63) is 36.0 Å². The summed E-state index contributed by atoms with van der Waals surface area (Å²) in [5.41, 5.74) is -0.145. The van der Waals surface area contributed by atoms with E-state index in [0.29, 0.717) is 17.5 Å². The molecule has 1 saturated heterocycles. The topological polar surface area (TPSA) is 193 Å². The van der Waals surface area contributed by atoms with Crippen LogP contribution in [0.5, 0.6) is 0 Å². The first-order chi connectivity index (χ1) is 17.5. The Morgan fingerprint density at radius 2 is 1.86 bits per heavy atom. The van der Waals surface area contributed by atoms with Crippen molar-refractivity contribution in [3.8, 4) is 6.07 Å². The Kier molecular flexibility index (Phi) is 10.7. The second-order valence-electron chi connectivity index (χ2n) is 9.01. The van der Waals surface area contributed by atoms with Gasteiger partial charge in [-0.2, -0.15) is 5.26 Å². The smallest absolute Gasteiger partial charge is 0.336 e. The van der Waals surface area contributed by atoms with Gasteiger partial charge in [0.05, 0.1) is 30.5 Å². The lowest BCUT2D eigenvalue weighted by Gasteiger charge is -2.39. The van der Waals surface area contributed by atoms with Crippen molar-refractivity contribution < 1.29 is 39.5 Å². The van der Waals surface area contributed by atoms with E-state index in [1.807, 2.05) is 12.1 Å². The maximum absolute atomic E-state index is 10.3. The van der Waals surface area contributed by atoms with Gasteiger partial charge in [-0.25, -0.2) is 4.79 Å². The van der Waals surface area contributed by atoms with Crippen LogP contribution in [0.4, 0.5) is 5.69 Å². The number of pyridine rings is 1. The molecule has 0 saturated carbocycles. The first kappa shape index (κ1) is 29.4. The summed E-state index contributed by atoms with van der Waals surface area (Å²) in [5.74, 6) is -4.41. The summed E-state index contributed by atoms with van der Waals surface area (Å²) < 4.78 is 5.14. The zero-order chi connectivity index (χ0) is 27.6. The Hall–Kier alpha value is -3.79. The van der Waals surface area contributed by atoms with E-state index in [4.69, 9.17) is 25.2 Å². The van der Waals surface area contributed by atoms with E-state index in [2.05, 4.69) is 40.3 Å². The number of ether oxygens (including phenoxy) is 1. The minimum atomic E-state index is -2.74. The molecule has 1 fully saturated rings. The van der Waals surface area contributed by atoms with E-state index in [-0.39, 0.29) is 0 Å². The van der Waals surface area contributed by atoms with Crippen molar-refractivity contribution in [2.75, 3.05) is 38.3 Å². The van der Waals surface area contributed by atoms with Gasteiger partial charge in [-0.05, 0) is 36.6 Å². The first-order valence-corrected chi connectivity index (χ1v) is 11.6. The fourth-order valence-electron chi connectivity index (χ4n) is 4.30. The van der Waals surface area contributed by atoms with E-state index in [1.165, 1.54) is 12.1 Å². The van der Waals surface area contributed by atoms with Crippen LogP contribution >= 0.6 is 0 Å². The Morgan fingerprint density at radius 1 is 1.19 bits per heavy atom. The standard InChI is InChI=1S/C19H24N4O.C6H8O7/c1-14-10-16(21-8-9-24-2)13-23(12-14)18-6-5-15(11-20)19-17(18)4-3-7-22-19;7-3(8)1-6(13,5(11)12)2-4(9)10/h3-7,14,16,21H,8-10,12-13H2,1-2H3;13H,1-2H2,(H,7,8)(H,9,10)(H,11,12)/t14-,16+;/m0./s1. The molecule has 37 heavy (non-hydrogen) atoms. The number of anilines is 1. The molecule has 3 rings (SSSR count). The Morgan fingerprint density at radius 3 is 2.43 bits per heavy atom. The van der Waals surface area contributed by atoms with Crippen LogP contribution in [0, 0.1) is 17.2 Å². The van der Waals surface area contributed by atoms with Crippen LogP contribution in [0.3, 0.4) is 0 Å². The highest BCUT2D eigenvalue weighted by atomic mass is 16.5. The van der Waals surface area contributed by atoms with Gasteiger partial charge in [-0.1, -0.05) is 6.92 Å². The summed E-state index contributed by atoms with van der Waals surface area (Å²) in [6.45, 7) is 5.88. The highest BCUT2D eigenvalue weighted by Crippen LogP contribution is 2.31. The van der Waals surface area contributed by atoms with Crippen molar-refractivity contribution in [2.24, 2.45) is 5.92 Å². The van der Waals surface area contributed by atoms with E-state index in [9.17, 15) is 19.6 Å². The van der Waals surface area contributed by atoms with Crippen LogP contribution in [0.1, 0.15) is 31.7 Å². The summed E-state index contributed by atoms with van der Waals surface area (Å²) in [7, 11) is 1.73. The molecule has 2 atom stereocenters. The molecule has 200 valence electrons. The number of nitriles is 1. The van der Waals surface area contributed by atoms with Gasteiger partial charge in [0.2, 0.25) is 0 Å². The van der Waals surface area contributed by atoms with Crippen LogP contribution < -0.4 is 10.2 Å². The molecule has 12 nitrogen and oxygen atoms in total. The Labute approximate surface area is 214 Å². The molecular weight excluding hydrogens is 484 g/mol. The summed E-state index contributed by atoms with van der Waals surface area (Å²) in [5, 5.41) is 47.8. The second kappa shape index (κ2) is 13.5. The number of nitrogens with one attached hydrogen (secondary N) is 1. The average Bonchev–Trinajstić information content (AvgIpc) is 2.82. The molecule has 0 unspecified atom stereocenters. The number of methoxy groups -OCH3 is 1. The maximum atomic E-state index is 10.3. The van der Waals surface area contributed by atoms with E-state index in [0.717, 1.165) is 37.1 Å². The van der Waals surface area contributed by atoms with E-state index in [1.54, 1.807) is 13.3 Å². The van der Waals surface area contributed by atoms with Crippen molar-refractivity contribution in [2.45, 2.75) is 37.8 Å². The van der Waals surface area contributed by atoms with Crippen LogP contribution in [0.2, 0.25) is 0 Å². The molecule has 0 radical (unpaired) electrons. The van der Waals surface area contributed by atoms with Gasteiger partial charge in [0.1, 0.15) is 6.07 Å². The third-order valence-corrected chi connectivity index (χ3v) is 5.89. The number of rotatable bonds is 10. The van der Waals surface area contributed by atoms with Gasteiger partial charge in [0.25, 0.3) is 0 Å². The molecule has 2 aromatic rings. The quantitative estimate of drug-likeness (QED) is 0.285. The van der Waals surface area contributed by atoms with Gasteiger partial charge >= 0.3 is 17.9 Å². The number of aliphatic hydroxyl groups is 1. The lowest BCUT2D eigenvalue weighted by Crippen LogP contribution is -2.49. The van der Waals surface area contributed by atoms with Crippen LogP contribution in [-0.4, -0.2) is 88.3 Å². The third-order valence-electron chi connectivity index (χ3n) is 5.89. The van der Waals surface area contributed by atoms with Crippen LogP contribution in [0.25, 0.3) is 10.9 Å². The highest BCUT2D eigenvalue weighted by molar-refractivity contribution is 5.95. The van der Waals surface area contributed by atoms with Crippen molar-refractivity contribution >= 4 is 34.5 Å². The van der Waals surface area contributed by atoms with E-state index < -0.39 is 36.4 Å². The number of nitrogens with zero attached hydrogens (tertiary/aromatic N) is 3. The minimum absolute atomic E-state index is 0.450. The molecule has 2 heterocycles. The number of carboxylic acids is 3. The van der Waals surface area contributed by atoms with Gasteiger partial charge in [-0.15, -0.1) is 0 Å². The summed E-state index contributed by atoms with van der Waals surface area (Å²) in [4.78, 5) is 37.3. The van der Waals surface area contributed by atoms with Gasteiger partial charge in [0, 0.05) is 50.1 Å². The fraction of sp³-hybridized carbons (Fsp3) is 0.480. The number of hydrogen-bond acceptors (Lipinski definition) is 9. The molecule has 0 amide bonds. The summed E-state index contributed by atoms with van der Waals surface area (Å²) >= 11 is 0. The average molecular weight is 517 g/mol. The van der Waals surface area contributed by atoms with Crippen molar-refractivity contribution in [3.63, 3.8) is 0 Å². The molecular formula is C25H32N4O8. The molecule has 0 bridgehead atoms. The third kappa shape index (κ3) is 8.38. The normalized spacial score (nSPS) is 17.4. The predicted molar refractivity (Wildman–Crippen MR) is 133 cm³/mol. The predicted octanol–water partition coefficient (Wildman–Crippen LogP) is 1.31. The van der Waals surface area contributed by atoms with Crippen LogP contribution in [0.15, 0.2) is 30.5 Å². The van der Waals surface area contributed by atoms with Gasteiger partial charge in [0.15, 0.2) is 5.60 Å². The largest absolute Gasteiger partial charge is 0.481 e. The summed E-state index contributed by atoms with van der Waals surface area (Å²) in [6.07, 6.45) is 0.636. The zero-order valence-corrected chi connectivity index (χ0v) is 20.8. The number of carbonyl (C=O) groups is 3. The molecule has 12 heteroatoms. The second-order valence-corrected chi connectivity index (χ2v) is 9.01. The summed E-state index contributed by atoms with van der Waals surface area (Å²) in [6, 6.07) is 10.6. The molecule has 0 aliphatic carbocycles. The number of piperidine rings is 1. The number of aliphatic carboxylic acids is 3.